The summed E-state index contributed by atoms with van der Waals surface area (Å²) < 4.78 is 11.4. The second-order valence-electron chi connectivity index (χ2n) is 6.04. The molecule has 0 saturated carbocycles. The number of hydrazone groups is 1. The van der Waals surface area contributed by atoms with E-state index in [0.29, 0.717) is 36.8 Å². The minimum absolute atomic E-state index is 0.0958. The molecule has 6 nitrogen and oxygen atoms in total. The third kappa shape index (κ3) is 5.37. The van der Waals surface area contributed by atoms with Crippen molar-refractivity contribution in [2.24, 2.45) is 10.2 Å². The maximum atomic E-state index is 11.4. The molecule has 0 spiro atoms. The molecule has 5 N–H and O–H groups in total. The van der Waals surface area contributed by atoms with E-state index >= 15 is 0 Å². The van der Waals surface area contributed by atoms with Crippen molar-refractivity contribution in [3.8, 4) is 16.2 Å². The van der Waals surface area contributed by atoms with E-state index in [9.17, 15) is 9.32 Å². The van der Waals surface area contributed by atoms with Crippen molar-refractivity contribution in [2.75, 3.05) is 5.32 Å². The summed E-state index contributed by atoms with van der Waals surface area (Å²) in [5.74, 6) is 0.0958. The monoisotopic (exact) mass is 498 g/mol. The van der Waals surface area contributed by atoms with Gasteiger partial charge in [0.25, 0.3) is 0 Å². The van der Waals surface area contributed by atoms with Crippen LogP contribution in [-0.4, -0.2) is 20.1 Å². The molecule has 1 heterocycles. The smallest absolute Gasteiger partial charge is 0.191 e. The minimum Gasteiger partial charge on any atom is -0.506 e. The van der Waals surface area contributed by atoms with Crippen LogP contribution in [0.3, 0.4) is 0 Å². The highest BCUT2D eigenvalue weighted by Crippen LogP contribution is 2.40. The van der Waals surface area contributed by atoms with Crippen LogP contribution in [0.4, 0.5) is 5.69 Å². The van der Waals surface area contributed by atoms with Gasteiger partial charge in [0.1, 0.15) is 16.7 Å². The van der Waals surface area contributed by atoms with Crippen LogP contribution in [0.1, 0.15) is 12.5 Å². The average molecular weight is 499 g/mol. The number of halogens is 2. The molecule has 30 heavy (non-hydrogen) atoms. The number of nitrogens with one attached hydrogen (secondary N) is 2. The van der Waals surface area contributed by atoms with Gasteiger partial charge in [-0.1, -0.05) is 35.3 Å². The molecular weight excluding hydrogens is 483 g/mol. The zero-order valence-electron chi connectivity index (χ0n) is 15.5. The number of thiocarbonyl (C=S) groups is 1. The van der Waals surface area contributed by atoms with Crippen molar-refractivity contribution >= 4 is 74.3 Å². The Bertz CT molecular complexity index is 1160. The normalized spacial score (nSPS) is 12.5. The van der Waals surface area contributed by atoms with Gasteiger partial charge in [-0.25, -0.2) is 9.35 Å². The lowest BCUT2D eigenvalue weighted by molar-refractivity contribution is 0.478. The van der Waals surface area contributed by atoms with Gasteiger partial charge in [-0.2, -0.15) is 5.10 Å². The Kier molecular flexibility index (Phi) is 7.45. The molecule has 1 aromatic heterocycles. The van der Waals surface area contributed by atoms with Gasteiger partial charge in [0.15, 0.2) is 5.11 Å². The molecule has 1 atom stereocenters. The van der Waals surface area contributed by atoms with E-state index in [2.05, 4.69) is 15.8 Å². The lowest BCUT2D eigenvalue weighted by Crippen LogP contribution is -2.25. The summed E-state index contributed by atoms with van der Waals surface area (Å²) >= 11 is 18.6. The molecule has 3 aromatic rings. The second-order valence-corrected chi connectivity index (χ2v) is 9.21. The first-order valence-corrected chi connectivity index (χ1v) is 11.7. The number of hydrogen-bond acceptors (Lipinski definition) is 5. The number of benzene rings is 2. The van der Waals surface area contributed by atoms with Crippen molar-refractivity contribution in [1.29, 1.82) is 0 Å². The van der Waals surface area contributed by atoms with E-state index in [0.717, 1.165) is 5.56 Å². The number of nitrogens with two attached hydrogens (primary N) is 1. The Labute approximate surface area is 195 Å². The zero-order chi connectivity index (χ0) is 21.8. The van der Waals surface area contributed by atoms with Crippen LogP contribution in [0.15, 0.2) is 57.8 Å². The van der Waals surface area contributed by atoms with Gasteiger partial charge < -0.3 is 10.4 Å². The number of hydrogen-bond donors (Lipinski definition) is 4. The summed E-state index contributed by atoms with van der Waals surface area (Å²) in [6, 6.07) is 11.9. The highest BCUT2D eigenvalue weighted by atomic mass is 35.5. The number of nitrogens with zero attached hydrogens (tertiary/aromatic N) is 1. The molecule has 3 rings (SSSR count). The Morgan fingerprint density at radius 2 is 2.00 bits per heavy atom. The van der Waals surface area contributed by atoms with Crippen molar-refractivity contribution in [2.45, 2.75) is 11.8 Å². The zero-order valence-corrected chi connectivity index (χ0v) is 19.4. The van der Waals surface area contributed by atoms with E-state index < -0.39 is 11.0 Å². The predicted octanol–water partition coefficient (Wildman–Crippen LogP) is 5.12. The topological polar surface area (TPSA) is 99.7 Å². The van der Waals surface area contributed by atoms with Gasteiger partial charge in [0.05, 0.1) is 31.1 Å². The summed E-state index contributed by atoms with van der Waals surface area (Å²) in [6.07, 6.45) is 0. The van der Waals surface area contributed by atoms with Crippen LogP contribution in [0.5, 0.6) is 5.75 Å². The molecule has 1 unspecified atom stereocenters. The first-order valence-electron chi connectivity index (χ1n) is 8.40. The van der Waals surface area contributed by atoms with E-state index in [-0.39, 0.29) is 10.9 Å². The van der Waals surface area contributed by atoms with Crippen molar-refractivity contribution in [3.63, 3.8) is 0 Å². The molecule has 11 heteroatoms. The summed E-state index contributed by atoms with van der Waals surface area (Å²) in [6.45, 7) is 1.74. The minimum atomic E-state index is -1.58. The Balaban J connectivity index is 1.72. The highest BCUT2D eigenvalue weighted by Gasteiger charge is 2.15. The van der Waals surface area contributed by atoms with Crippen molar-refractivity contribution < 1.29 is 9.32 Å². The maximum Gasteiger partial charge on any atom is 0.191 e. The Morgan fingerprint density at radius 3 is 2.70 bits per heavy atom. The second kappa shape index (κ2) is 9.86. The van der Waals surface area contributed by atoms with Crippen LogP contribution in [-0.2, 0) is 11.0 Å². The molecule has 0 saturated heterocycles. The third-order valence-electron chi connectivity index (χ3n) is 3.99. The van der Waals surface area contributed by atoms with Gasteiger partial charge in [0.2, 0.25) is 0 Å². The summed E-state index contributed by atoms with van der Waals surface area (Å²) in [5, 5.41) is 26.1. The summed E-state index contributed by atoms with van der Waals surface area (Å²) in [4.78, 5) is 1.13. The molecule has 0 aliphatic heterocycles. The number of rotatable bonds is 5. The quantitative estimate of drug-likeness (QED) is 0.222. The fourth-order valence-corrected chi connectivity index (χ4v) is 4.42. The Morgan fingerprint density at radius 1 is 1.23 bits per heavy atom. The van der Waals surface area contributed by atoms with E-state index in [1.165, 1.54) is 11.3 Å². The fourth-order valence-electron chi connectivity index (χ4n) is 2.50. The van der Waals surface area contributed by atoms with Crippen LogP contribution in [0.2, 0.25) is 10.0 Å². The van der Waals surface area contributed by atoms with Crippen molar-refractivity contribution in [3.05, 3.63) is 63.5 Å². The van der Waals surface area contributed by atoms with E-state index in [1.807, 2.05) is 0 Å². The van der Waals surface area contributed by atoms with Crippen molar-refractivity contribution in [1.82, 2.24) is 5.43 Å². The first kappa shape index (κ1) is 22.7. The molecule has 2 aromatic carbocycles. The largest absolute Gasteiger partial charge is 0.506 e. The van der Waals surface area contributed by atoms with Crippen LogP contribution < -0.4 is 15.9 Å². The average Bonchev–Trinajstić information content (AvgIpc) is 3.10. The molecule has 0 aliphatic carbocycles. The summed E-state index contributed by atoms with van der Waals surface area (Å²) in [5.41, 5.74) is 5.21. The number of aromatic hydroxyl groups is 1. The number of anilines is 1. The molecule has 0 aliphatic rings. The van der Waals surface area contributed by atoms with E-state index in [4.69, 9.17) is 40.6 Å². The van der Waals surface area contributed by atoms with Gasteiger partial charge in [0, 0.05) is 11.1 Å². The van der Waals surface area contributed by atoms with Gasteiger partial charge in [-0.05, 0) is 55.0 Å². The van der Waals surface area contributed by atoms with Gasteiger partial charge >= 0.3 is 0 Å². The lowest BCUT2D eigenvalue weighted by Gasteiger charge is -2.09. The standard InChI is InChI=1S/C19H16Cl2N4O2S3/c1-10(24-25-19(28)23-12-3-2-4-13(8-12)30(22)27)14-9-29-18(17(14)26)11-5-6-15(20)16(21)7-11/h2-9,26H,22H2,1H3,(H2,23,25,28). The van der Waals surface area contributed by atoms with Gasteiger partial charge in [-0.3, -0.25) is 5.43 Å². The molecule has 156 valence electrons. The highest BCUT2D eigenvalue weighted by molar-refractivity contribution is 7.82. The predicted molar refractivity (Wildman–Crippen MR) is 130 cm³/mol. The molecule has 0 amide bonds. The number of thiophene rings is 1. The molecular formula is C19H16Cl2N4O2S3. The Hall–Kier alpha value is -2.01. The summed E-state index contributed by atoms with van der Waals surface area (Å²) in [7, 11) is -1.58. The molecule has 0 bridgehead atoms. The maximum absolute atomic E-state index is 11.4. The third-order valence-corrected chi connectivity index (χ3v) is 6.66. The SMILES string of the molecule is CC(=NNC(=S)Nc1cccc(S(N)=O)c1)c1csc(-c2ccc(Cl)c(Cl)c2)c1O. The van der Waals surface area contributed by atoms with Crippen LogP contribution in [0, 0.1) is 0 Å². The van der Waals surface area contributed by atoms with Crippen LogP contribution in [0.25, 0.3) is 10.4 Å². The lowest BCUT2D eigenvalue weighted by atomic mass is 10.1. The fraction of sp³-hybridized carbons (Fsp3) is 0.0526. The molecule has 0 radical (unpaired) electrons. The van der Waals surface area contributed by atoms with Gasteiger partial charge in [-0.15, -0.1) is 11.3 Å². The first-order chi connectivity index (χ1) is 14.3. The van der Waals surface area contributed by atoms with E-state index in [1.54, 1.807) is 54.8 Å². The molecule has 0 fully saturated rings. The van der Waals surface area contributed by atoms with Crippen LogP contribution >= 0.6 is 46.8 Å².